The molecule has 0 bridgehead atoms. The first-order valence-electron chi connectivity index (χ1n) is 4.26. The van der Waals surface area contributed by atoms with Gasteiger partial charge in [-0.1, -0.05) is 0 Å². The molecule has 0 atom stereocenters. The second kappa shape index (κ2) is 4.79. The standard InChI is InChI=1S/C9H10F3N3/c1-2-14-9(15-13)8-6(11)3-5(10)4-7(8)12/h3-4H,2,13H2,1H3,(H,14,15). The minimum Gasteiger partial charge on any atom is -0.308 e. The average molecular weight is 217 g/mol. The van der Waals surface area contributed by atoms with Gasteiger partial charge in [-0.25, -0.2) is 19.0 Å². The molecule has 82 valence electrons. The number of nitrogens with two attached hydrogens (primary N) is 1. The highest BCUT2D eigenvalue weighted by molar-refractivity contribution is 5.98. The SMILES string of the molecule is CCN=C(NN)c1c(F)cc(F)cc1F. The van der Waals surface area contributed by atoms with E-state index in [9.17, 15) is 13.2 Å². The van der Waals surface area contributed by atoms with Crippen LogP contribution in [0.25, 0.3) is 0 Å². The highest BCUT2D eigenvalue weighted by atomic mass is 19.1. The summed E-state index contributed by atoms with van der Waals surface area (Å²) >= 11 is 0. The second-order valence-electron chi connectivity index (χ2n) is 2.71. The van der Waals surface area contributed by atoms with E-state index in [2.05, 4.69) is 10.4 Å². The smallest absolute Gasteiger partial charge is 0.148 e. The van der Waals surface area contributed by atoms with E-state index in [0.717, 1.165) is 0 Å². The molecule has 0 unspecified atom stereocenters. The fourth-order valence-electron chi connectivity index (χ4n) is 1.12. The van der Waals surface area contributed by atoms with Crippen LogP contribution >= 0.6 is 0 Å². The molecule has 1 rings (SSSR count). The summed E-state index contributed by atoms with van der Waals surface area (Å²) in [5, 5.41) is 0. The van der Waals surface area contributed by atoms with E-state index in [-0.39, 0.29) is 5.84 Å². The Morgan fingerprint density at radius 3 is 2.27 bits per heavy atom. The van der Waals surface area contributed by atoms with Crippen LogP contribution in [0.1, 0.15) is 12.5 Å². The van der Waals surface area contributed by atoms with Gasteiger partial charge in [0.05, 0.1) is 5.56 Å². The predicted octanol–water partition coefficient (Wildman–Crippen LogP) is 1.33. The predicted molar refractivity (Wildman–Crippen MR) is 50.7 cm³/mol. The maximum Gasteiger partial charge on any atom is 0.148 e. The first-order chi connectivity index (χ1) is 7.10. The summed E-state index contributed by atoms with van der Waals surface area (Å²) in [6, 6.07) is 1.14. The molecule has 1 aromatic carbocycles. The molecule has 6 heteroatoms. The number of aliphatic imine (C=N–C) groups is 1. The Labute approximate surface area is 84.8 Å². The third-order valence-corrected chi connectivity index (χ3v) is 1.70. The summed E-state index contributed by atoms with van der Waals surface area (Å²) in [6.07, 6.45) is 0. The number of nitrogens with one attached hydrogen (secondary N) is 1. The lowest BCUT2D eigenvalue weighted by molar-refractivity contribution is 0.539. The lowest BCUT2D eigenvalue weighted by atomic mass is 10.1. The highest BCUT2D eigenvalue weighted by Gasteiger charge is 2.16. The molecule has 0 amide bonds. The van der Waals surface area contributed by atoms with Crippen LogP contribution in [0.4, 0.5) is 13.2 Å². The lowest BCUT2D eigenvalue weighted by Gasteiger charge is -2.07. The van der Waals surface area contributed by atoms with Crippen molar-refractivity contribution in [3.8, 4) is 0 Å². The van der Waals surface area contributed by atoms with Crippen molar-refractivity contribution in [1.82, 2.24) is 5.43 Å². The van der Waals surface area contributed by atoms with Crippen molar-refractivity contribution in [2.45, 2.75) is 6.92 Å². The van der Waals surface area contributed by atoms with E-state index >= 15 is 0 Å². The first kappa shape index (κ1) is 11.5. The number of nitrogens with zero attached hydrogens (tertiary/aromatic N) is 1. The van der Waals surface area contributed by atoms with Gasteiger partial charge >= 0.3 is 0 Å². The van der Waals surface area contributed by atoms with Crippen LogP contribution < -0.4 is 11.3 Å². The molecule has 0 radical (unpaired) electrons. The van der Waals surface area contributed by atoms with Crippen LogP contribution in [-0.4, -0.2) is 12.4 Å². The van der Waals surface area contributed by atoms with Crippen molar-refractivity contribution in [2.24, 2.45) is 10.8 Å². The van der Waals surface area contributed by atoms with Crippen molar-refractivity contribution in [3.63, 3.8) is 0 Å². The van der Waals surface area contributed by atoms with Crippen molar-refractivity contribution in [1.29, 1.82) is 0 Å². The topological polar surface area (TPSA) is 50.4 Å². The minimum atomic E-state index is -1.04. The van der Waals surface area contributed by atoms with Gasteiger partial charge in [-0.05, 0) is 6.92 Å². The van der Waals surface area contributed by atoms with Crippen LogP contribution in [0.3, 0.4) is 0 Å². The number of amidine groups is 1. The van der Waals surface area contributed by atoms with Crippen LogP contribution in [0.5, 0.6) is 0 Å². The molecular formula is C9H10F3N3. The number of halogens is 3. The van der Waals surface area contributed by atoms with Gasteiger partial charge in [-0.15, -0.1) is 0 Å². The van der Waals surface area contributed by atoms with Gasteiger partial charge < -0.3 is 5.43 Å². The maximum atomic E-state index is 13.2. The quantitative estimate of drug-likeness (QED) is 0.340. The summed E-state index contributed by atoms with van der Waals surface area (Å²) in [5.74, 6) is 1.84. The summed E-state index contributed by atoms with van der Waals surface area (Å²) in [5.41, 5.74) is 1.61. The largest absolute Gasteiger partial charge is 0.308 e. The molecule has 0 saturated heterocycles. The van der Waals surface area contributed by atoms with Crippen molar-refractivity contribution >= 4 is 5.84 Å². The number of rotatable bonds is 2. The zero-order valence-electron chi connectivity index (χ0n) is 8.02. The van der Waals surface area contributed by atoms with Crippen molar-refractivity contribution in [2.75, 3.05) is 6.54 Å². The summed E-state index contributed by atoms with van der Waals surface area (Å²) < 4.78 is 39.0. The van der Waals surface area contributed by atoms with Gasteiger partial charge in [0.15, 0.2) is 0 Å². The number of hydrogen-bond donors (Lipinski definition) is 2. The van der Waals surface area contributed by atoms with Gasteiger partial charge in [0.1, 0.15) is 23.3 Å². The third-order valence-electron chi connectivity index (χ3n) is 1.70. The molecular weight excluding hydrogens is 207 g/mol. The fraction of sp³-hybridized carbons (Fsp3) is 0.222. The van der Waals surface area contributed by atoms with Crippen LogP contribution in [0, 0.1) is 17.5 Å². The molecule has 0 aliphatic rings. The molecule has 0 fully saturated rings. The first-order valence-corrected chi connectivity index (χ1v) is 4.26. The van der Waals surface area contributed by atoms with Crippen LogP contribution in [0.15, 0.2) is 17.1 Å². The molecule has 3 N–H and O–H groups in total. The van der Waals surface area contributed by atoms with E-state index in [4.69, 9.17) is 5.84 Å². The zero-order valence-corrected chi connectivity index (χ0v) is 8.02. The Balaban J connectivity index is 3.29. The minimum absolute atomic E-state index is 0.146. The van der Waals surface area contributed by atoms with Crippen molar-refractivity contribution < 1.29 is 13.2 Å². The van der Waals surface area contributed by atoms with Gasteiger partial charge in [0.2, 0.25) is 0 Å². The molecule has 3 nitrogen and oxygen atoms in total. The molecule has 0 spiro atoms. The lowest BCUT2D eigenvalue weighted by Crippen LogP contribution is -2.33. The van der Waals surface area contributed by atoms with Gasteiger partial charge in [-0.2, -0.15) is 0 Å². The Morgan fingerprint density at radius 1 is 1.33 bits per heavy atom. The summed E-state index contributed by atoms with van der Waals surface area (Å²) in [6.45, 7) is 1.98. The van der Waals surface area contributed by atoms with E-state index in [1.165, 1.54) is 0 Å². The molecule has 0 saturated carbocycles. The summed E-state index contributed by atoms with van der Waals surface area (Å²) in [7, 11) is 0. The number of hydrazine groups is 1. The summed E-state index contributed by atoms with van der Waals surface area (Å²) in [4.78, 5) is 3.74. The highest BCUT2D eigenvalue weighted by Crippen LogP contribution is 2.14. The van der Waals surface area contributed by atoms with Gasteiger partial charge in [0, 0.05) is 18.7 Å². The third kappa shape index (κ3) is 2.47. The number of hydrogen-bond acceptors (Lipinski definition) is 2. The Morgan fingerprint density at radius 2 is 1.87 bits per heavy atom. The van der Waals surface area contributed by atoms with Crippen molar-refractivity contribution in [3.05, 3.63) is 35.1 Å². The van der Waals surface area contributed by atoms with Crippen LogP contribution in [0.2, 0.25) is 0 Å². The second-order valence-corrected chi connectivity index (χ2v) is 2.71. The normalized spacial score (nSPS) is 11.7. The van der Waals surface area contributed by atoms with Gasteiger partial charge in [-0.3, -0.25) is 4.99 Å². The average Bonchev–Trinajstić information content (AvgIpc) is 2.14. The zero-order chi connectivity index (χ0) is 11.4. The molecule has 0 aromatic heterocycles. The van der Waals surface area contributed by atoms with Gasteiger partial charge in [0.25, 0.3) is 0 Å². The molecule has 1 aromatic rings. The molecule has 0 aliphatic carbocycles. The molecule has 15 heavy (non-hydrogen) atoms. The maximum absolute atomic E-state index is 13.2. The monoisotopic (exact) mass is 217 g/mol. The number of benzene rings is 1. The Hall–Kier alpha value is -1.56. The molecule has 0 heterocycles. The van der Waals surface area contributed by atoms with E-state index < -0.39 is 23.0 Å². The molecule has 0 aliphatic heterocycles. The Bertz CT molecular complexity index is 367. The Kier molecular flexibility index (Phi) is 3.68. The van der Waals surface area contributed by atoms with E-state index in [1.807, 2.05) is 0 Å². The van der Waals surface area contributed by atoms with E-state index in [0.29, 0.717) is 18.7 Å². The fourth-order valence-corrected chi connectivity index (χ4v) is 1.12. The van der Waals surface area contributed by atoms with E-state index in [1.54, 1.807) is 6.92 Å². The van der Waals surface area contributed by atoms with Crippen LogP contribution in [-0.2, 0) is 0 Å².